The number of carbonyl (C=O) groups is 1. The molecule has 0 radical (unpaired) electrons. The highest BCUT2D eigenvalue weighted by Crippen LogP contribution is 2.42. The first-order chi connectivity index (χ1) is 9.47. The van der Waals surface area contributed by atoms with Gasteiger partial charge in [-0.3, -0.25) is 4.79 Å². The van der Waals surface area contributed by atoms with E-state index >= 15 is 0 Å². The maximum Gasteiger partial charge on any atom is 0.198 e. The van der Waals surface area contributed by atoms with E-state index in [0.717, 1.165) is 19.1 Å². The molecule has 1 saturated carbocycles. The minimum atomic E-state index is -3.25. The van der Waals surface area contributed by atoms with Crippen LogP contribution in [0, 0.1) is 0 Å². The van der Waals surface area contributed by atoms with Gasteiger partial charge in [0.2, 0.25) is 0 Å². The van der Waals surface area contributed by atoms with Crippen LogP contribution in [-0.2, 0) is 9.84 Å². The minimum absolute atomic E-state index is 0.187. The Bertz CT molecular complexity index is 755. The number of benzene rings is 1. The van der Waals surface area contributed by atoms with Gasteiger partial charge in [-0.25, -0.2) is 8.42 Å². The normalized spacial score (nSPS) is 15.2. The fourth-order valence-corrected chi connectivity index (χ4v) is 2.70. The van der Waals surface area contributed by atoms with E-state index in [0.29, 0.717) is 22.8 Å². The molecule has 0 saturated heterocycles. The van der Waals surface area contributed by atoms with Gasteiger partial charge in [-0.05, 0) is 37.1 Å². The van der Waals surface area contributed by atoms with E-state index in [9.17, 15) is 13.2 Å². The zero-order chi connectivity index (χ0) is 14.3. The summed E-state index contributed by atoms with van der Waals surface area (Å²) in [5.74, 6) is 0.752. The lowest BCUT2D eigenvalue weighted by Gasteiger charge is -2.02. The van der Waals surface area contributed by atoms with Crippen LogP contribution in [0.1, 0.15) is 40.4 Å². The predicted molar refractivity (Wildman–Crippen MR) is 71.5 cm³/mol. The number of aromatic nitrogens is 1. The lowest BCUT2D eigenvalue weighted by atomic mass is 10.0. The van der Waals surface area contributed by atoms with Gasteiger partial charge in [0.15, 0.2) is 21.4 Å². The van der Waals surface area contributed by atoms with Crippen LogP contribution >= 0.6 is 0 Å². The molecule has 3 rings (SSSR count). The van der Waals surface area contributed by atoms with E-state index in [2.05, 4.69) is 5.16 Å². The van der Waals surface area contributed by atoms with Crippen molar-refractivity contribution in [2.45, 2.75) is 23.7 Å². The van der Waals surface area contributed by atoms with Crippen molar-refractivity contribution in [3.63, 3.8) is 0 Å². The summed E-state index contributed by atoms with van der Waals surface area (Å²) < 4.78 is 27.9. The van der Waals surface area contributed by atoms with E-state index in [-0.39, 0.29) is 10.7 Å². The van der Waals surface area contributed by atoms with Gasteiger partial charge < -0.3 is 4.52 Å². The Morgan fingerprint density at radius 3 is 2.45 bits per heavy atom. The second kappa shape index (κ2) is 4.56. The third-order valence-electron chi connectivity index (χ3n) is 3.34. The van der Waals surface area contributed by atoms with Gasteiger partial charge in [-0.2, -0.15) is 0 Å². The molecule has 1 aliphatic rings. The highest BCUT2D eigenvalue weighted by Gasteiger charge is 2.32. The van der Waals surface area contributed by atoms with Gasteiger partial charge in [0.1, 0.15) is 0 Å². The van der Waals surface area contributed by atoms with E-state index in [1.165, 1.54) is 30.5 Å². The van der Waals surface area contributed by atoms with Crippen LogP contribution in [0.5, 0.6) is 0 Å². The molecular weight excluding hydrogens is 278 g/mol. The van der Waals surface area contributed by atoms with Crippen molar-refractivity contribution in [3.05, 3.63) is 47.3 Å². The first-order valence-corrected chi connectivity index (χ1v) is 8.15. The average molecular weight is 291 g/mol. The van der Waals surface area contributed by atoms with Crippen molar-refractivity contribution >= 4 is 15.6 Å². The summed E-state index contributed by atoms with van der Waals surface area (Å²) in [6.07, 6.45) is 4.60. The van der Waals surface area contributed by atoms with Crippen molar-refractivity contribution in [1.82, 2.24) is 5.16 Å². The standard InChI is InChI=1S/C14H13NO4S/c1-20(17,18)11-6-4-9(5-7-11)13(16)12-8-15-19-14(12)10-2-3-10/h4-8,10H,2-3H2,1H3. The fraction of sp³-hybridized carbons (Fsp3) is 0.286. The highest BCUT2D eigenvalue weighted by atomic mass is 32.2. The Morgan fingerprint density at radius 1 is 1.25 bits per heavy atom. The molecule has 0 bridgehead atoms. The summed E-state index contributed by atoms with van der Waals surface area (Å²) in [6, 6.07) is 5.91. The first-order valence-electron chi connectivity index (χ1n) is 6.26. The SMILES string of the molecule is CS(=O)(=O)c1ccc(C(=O)c2cnoc2C2CC2)cc1. The number of carbonyl (C=O) groups excluding carboxylic acids is 1. The Balaban J connectivity index is 1.92. The summed E-state index contributed by atoms with van der Waals surface area (Å²) in [7, 11) is -3.25. The molecular formula is C14H13NO4S. The lowest BCUT2D eigenvalue weighted by molar-refractivity contribution is 0.103. The number of nitrogens with zero attached hydrogens (tertiary/aromatic N) is 1. The molecule has 1 aromatic carbocycles. The van der Waals surface area contributed by atoms with E-state index < -0.39 is 9.84 Å². The molecule has 1 heterocycles. The van der Waals surface area contributed by atoms with Crippen molar-refractivity contribution < 1.29 is 17.7 Å². The summed E-state index contributed by atoms with van der Waals surface area (Å²) in [4.78, 5) is 12.6. The van der Waals surface area contributed by atoms with Crippen molar-refractivity contribution in [1.29, 1.82) is 0 Å². The number of ketones is 1. The quantitative estimate of drug-likeness (QED) is 0.807. The molecule has 0 aliphatic heterocycles. The minimum Gasteiger partial charge on any atom is -0.360 e. The number of rotatable bonds is 4. The molecule has 2 aromatic rings. The van der Waals surface area contributed by atoms with E-state index in [1.54, 1.807) is 0 Å². The number of hydrogen-bond donors (Lipinski definition) is 0. The summed E-state index contributed by atoms with van der Waals surface area (Å²) >= 11 is 0. The summed E-state index contributed by atoms with van der Waals surface area (Å²) in [5, 5.41) is 3.70. The topological polar surface area (TPSA) is 77.2 Å². The fourth-order valence-electron chi connectivity index (χ4n) is 2.07. The van der Waals surface area contributed by atoms with Crippen LogP contribution in [0.25, 0.3) is 0 Å². The van der Waals surface area contributed by atoms with Crippen molar-refractivity contribution in [2.75, 3.05) is 6.26 Å². The Hall–Kier alpha value is -1.95. The van der Waals surface area contributed by atoms with Crippen LogP contribution < -0.4 is 0 Å². The van der Waals surface area contributed by atoms with Crippen LogP contribution in [0.4, 0.5) is 0 Å². The maximum absolute atomic E-state index is 12.4. The van der Waals surface area contributed by atoms with Gasteiger partial charge in [-0.15, -0.1) is 0 Å². The third kappa shape index (κ3) is 2.38. The van der Waals surface area contributed by atoms with Crippen LogP contribution in [-0.4, -0.2) is 25.6 Å². The van der Waals surface area contributed by atoms with E-state index in [4.69, 9.17) is 4.52 Å². The monoisotopic (exact) mass is 291 g/mol. The molecule has 1 aromatic heterocycles. The van der Waals surface area contributed by atoms with Crippen molar-refractivity contribution in [2.24, 2.45) is 0 Å². The molecule has 0 atom stereocenters. The predicted octanol–water partition coefficient (Wildman–Crippen LogP) is 2.19. The van der Waals surface area contributed by atoms with Crippen LogP contribution in [0.2, 0.25) is 0 Å². The molecule has 1 fully saturated rings. The van der Waals surface area contributed by atoms with Gasteiger partial charge in [0, 0.05) is 17.7 Å². The Kier molecular flexibility index (Phi) is 2.97. The summed E-state index contributed by atoms with van der Waals surface area (Å²) in [5.41, 5.74) is 0.905. The molecule has 0 amide bonds. The van der Waals surface area contributed by atoms with Crippen LogP contribution in [0.15, 0.2) is 39.9 Å². The lowest BCUT2D eigenvalue weighted by Crippen LogP contribution is -2.04. The first kappa shape index (κ1) is 13.1. The largest absolute Gasteiger partial charge is 0.360 e. The van der Waals surface area contributed by atoms with Gasteiger partial charge in [0.05, 0.1) is 16.7 Å². The zero-order valence-corrected chi connectivity index (χ0v) is 11.7. The zero-order valence-electron chi connectivity index (χ0n) is 10.9. The maximum atomic E-state index is 12.4. The van der Waals surface area contributed by atoms with Gasteiger partial charge >= 0.3 is 0 Å². The third-order valence-corrected chi connectivity index (χ3v) is 4.46. The Morgan fingerprint density at radius 2 is 1.90 bits per heavy atom. The second-order valence-corrected chi connectivity index (χ2v) is 7.02. The van der Waals surface area contributed by atoms with Crippen molar-refractivity contribution in [3.8, 4) is 0 Å². The second-order valence-electron chi connectivity index (χ2n) is 5.00. The molecule has 20 heavy (non-hydrogen) atoms. The van der Waals surface area contributed by atoms with Gasteiger partial charge in [0.25, 0.3) is 0 Å². The highest BCUT2D eigenvalue weighted by molar-refractivity contribution is 7.90. The Labute approximate surface area is 116 Å². The van der Waals surface area contributed by atoms with Crippen LogP contribution in [0.3, 0.4) is 0 Å². The summed E-state index contributed by atoms with van der Waals surface area (Å²) in [6.45, 7) is 0. The number of sulfone groups is 1. The molecule has 104 valence electrons. The smallest absolute Gasteiger partial charge is 0.198 e. The van der Waals surface area contributed by atoms with E-state index in [1.807, 2.05) is 0 Å². The molecule has 6 heteroatoms. The average Bonchev–Trinajstić information content (AvgIpc) is 3.15. The molecule has 0 spiro atoms. The molecule has 0 unspecified atom stereocenters. The molecule has 0 N–H and O–H groups in total. The molecule has 5 nitrogen and oxygen atoms in total. The number of hydrogen-bond acceptors (Lipinski definition) is 5. The molecule has 1 aliphatic carbocycles. The van der Waals surface area contributed by atoms with Gasteiger partial charge in [-0.1, -0.05) is 5.16 Å².